The highest BCUT2D eigenvalue weighted by Crippen LogP contribution is 2.28. The molecule has 10 nitrogen and oxygen atoms in total. The highest BCUT2D eigenvalue weighted by atomic mass is 32.1. The second kappa shape index (κ2) is 19.5. The molecule has 1 fully saturated rings. The topological polar surface area (TPSA) is 160 Å². The molecule has 0 radical (unpaired) electrons. The van der Waals surface area contributed by atoms with Crippen LogP contribution in [0.1, 0.15) is 76.6 Å². The monoisotopic (exact) mass is 761 g/mol. The summed E-state index contributed by atoms with van der Waals surface area (Å²) >= 11 is 1.59. The van der Waals surface area contributed by atoms with Crippen LogP contribution in [0.2, 0.25) is 0 Å². The summed E-state index contributed by atoms with van der Waals surface area (Å²) in [5, 5.41) is 33.6. The van der Waals surface area contributed by atoms with Crippen LogP contribution in [-0.4, -0.2) is 60.1 Å². The molecule has 3 atom stereocenters. The molecule has 5 N–H and O–H groups in total. The number of carboxylic acid groups (broad SMARTS) is 1. The number of nitrogens with zero attached hydrogens (tertiary/aromatic N) is 1. The Labute approximate surface area is 315 Å². The minimum absolute atomic E-state index is 0.0238. The molecule has 1 saturated carbocycles. The van der Waals surface area contributed by atoms with E-state index < -0.39 is 12.1 Å². The first kappa shape index (κ1) is 41.2. The fraction of sp³-hybridized carbons (Fsp3) is 0.325. The van der Waals surface area contributed by atoms with Gasteiger partial charge >= 0.3 is 12.1 Å². The van der Waals surface area contributed by atoms with E-state index in [0.717, 1.165) is 24.0 Å². The van der Waals surface area contributed by atoms with Gasteiger partial charge in [0.05, 0.1) is 23.7 Å². The van der Waals surface area contributed by atoms with Crippen molar-refractivity contribution in [1.82, 2.24) is 21.3 Å². The molecule has 1 heterocycles. The molecule has 284 valence electrons. The van der Waals surface area contributed by atoms with Crippen molar-refractivity contribution < 1.29 is 37.5 Å². The van der Waals surface area contributed by atoms with Gasteiger partial charge in [-0.05, 0) is 102 Å². The molecule has 0 unspecified atom stereocenters. The Bertz CT molecular complexity index is 1930. The molecule has 0 aliphatic heterocycles. The number of alkyl halides is 3. The van der Waals surface area contributed by atoms with Gasteiger partial charge in [-0.2, -0.15) is 29.8 Å². The number of benzene rings is 3. The summed E-state index contributed by atoms with van der Waals surface area (Å²) in [5.41, 5.74) is 4.33. The maximum atomic E-state index is 14.0. The molecule has 5 rings (SSSR count). The van der Waals surface area contributed by atoms with E-state index in [-0.39, 0.29) is 35.8 Å². The summed E-state index contributed by atoms with van der Waals surface area (Å²) in [5.74, 6) is -2.87. The second-order valence-corrected chi connectivity index (χ2v) is 13.7. The number of nitrogens with one attached hydrogen (secondary N) is 4. The minimum Gasteiger partial charge on any atom is -0.475 e. The van der Waals surface area contributed by atoms with Crippen LogP contribution in [0, 0.1) is 17.2 Å². The number of halogens is 3. The Kier molecular flexibility index (Phi) is 14.9. The predicted molar refractivity (Wildman–Crippen MR) is 200 cm³/mol. The third-order valence-electron chi connectivity index (χ3n) is 8.70. The maximum Gasteiger partial charge on any atom is 0.490 e. The standard InChI is InChI=1S/C38H41N5O3S.C2HF3O2/c1-3-35(38(46)41-22-26-13-14-26)40-23-33(17-27-15-16-47-24-27)43-37(45)32-19-30(34-12-8-7-11-29(34)21-39)18-31(20-32)36(44)42-25(2)28-9-5-4-6-10-28;3-2(4,5)1(6)7/h4-12,15-16,18-20,24-26,33,35,40H,3,13-14,17,22-23H2,1-2H3,(H,41,46)(H,42,44)(H,43,45);(H,6,7)/t25-,33+,35+;/m1./s1. The van der Waals surface area contributed by atoms with Crippen LogP contribution in [0.15, 0.2) is 89.6 Å². The smallest absolute Gasteiger partial charge is 0.475 e. The largest absolute Gasteiger partial charge is 0.490 e. The lowest BCUT2D eigenvalue weighted by atomic mass is 9.95. The summed E-state index contributed by atoms with van der Waals surface area (Å²) in [6.07, 6.45) is -1.56. The van der Waals surface area contributed by atoms with Crippen LogP contribution in [0.5, 0.6) is 0 Å². The Hall–Kier alpha value is -5.52. The summed E-state index contributed by atoms with van der Waals surface area (Å²) in [7, 11) is 0. The van der Waals surface area contributed by atoms with Crippen LogP contribution in [0.3, 0.4) is 0 Å². The molecule has 14 heteroatoms. The summed E-state index contributed by atoms with van der Waals surface area (Å²) in [6.45, 7) is 4.97. The number of carboxylic acids is 1. The average molecular weight is 762 g/mol. The Morgan fingerprint density at radius 3 is 2.15 bits per heavy atom. The number of aliphatic carboxylic acids is 1. The molecular weight excluding hydrogens is 720 g/mol. The molecule has 0 spiro atoms. The van der Waals surface area contributed by atoms with Gasteiger partial charge < -0.3 is 26.4 Å². The molecular formula is C40H42F3N5O5S. The first-order valence-corrected chi connectivity index (χ1v) is 18.4. The van der Waals surface area contributed by atoms with Crippen LogP contribution in [0.25, 0.3) is 11.1 Å². The first-order valence-electron chi connectivity index (χ1n) is 17.4. The van der Waals surface area contributed by atoms with Crippen molar-refractivity contribution in [3.05, 3.63) is 117 Å². The van der Waals surface area contributed by atoms with Gasteiger partial charge in [0, 0.05) is 30.3 Å². The molecule has 3 aromatic carbocycles. The first-order chi connectivity index (χ1) is 25.8. The van der Waals surface area contributed by atoms with Gasteiger partial charge in [0.15, 0.2) is 0 Å². The fourth-order valence-corrected chi connectivity index (χ4v) is 6.20. The zero-order valence-electron chi connectivity index (χ0n) is 29.8. The average Bonchev–Trinajstić information content (AvgIpc) is 3.86. The molecule has 0 bridgehead atoms. The molecule has 4 aromatic rings. The van der Waals surface area contributed by atoms with Crippen molar-refractivity contribution in [2.24, 2.45) is 5.92 Å². The number of carbonyl (C=O) groups is 4. The Morgan fingerprint density at radius 1 is 0.944 bits per heavy atom. The van der Waals surface area contributed by atoms with Gasteiger partial charge in [-0.25, -0.2) is 4.79 Å². The van der Waals surface area contributed by atoms with E-state index in [1.807, 2.05) is 67.8 Å². The lowest BCUT2D eigenvalue weighted by Gasteiger charge is -2.23. The lowest BCUT2D eigenvalue weighted by Crippen LogP contribution is -2.50. The molecule has 1 aromatic heterocycles. The van der Waals surface area contributed by atoms with Crippen molar-refractivity contribution in [2.45, 2.75) is 63.8 Å². The van der Waals surface area contributed by atoms with Crippen LogP contribution in [0.4, 0.5) is 13.2 Å². The van der Waals surface area contributed by atoms with Crippen LogP contribution >= 0.6 is 11.3 Å². The minimum atomic E-state index is -5.08. The number of hydrogen-bond donors (Lipinski definition) is 5. The number of carbonyl (C=O) groups excluding carboxylic acids is 3. The van der Waals surface area contributed by atoms with Crippen molar-refractivity contribution in [2.75, 3.05) is 13.1 Å². The number of thiophene rings is 1. The van der Waals surface area contributed by atoms with Gasteiger partial charge in [-0.3, -0.25) is 14.4 Å². The van der Waals surface area contributed by atoms with Crippen molar-refractivity contribution in [1.29, 1.82) is 5.26 Å². The van der Waals surface area contributed by atoms with E-state index in [0.29, 0.717) is 59.7 Å². The number of rotatable bonds is 15. The Balaban J connectivity index is 0.000000845. The van der Waals surface area contributed by atoms with Crippen molar-refractivity contribution >= 4 is 35.0 Å². The Morgan fingerprint density at radius 2 is 1.57 bits per heavy atom. The van der Waals surface area contributed by atoms with E-state index >= 15 is 0 Å². The lowest BCUT2D eigenvalue weighted by molar-refractivity contribution is -0.192. The van der Waals surface area contributed by atoms with Gasteiger partial charge in [-0.15, -0.1) is 0 Å². The molecule has 1 aliphatic carbocycles. The van der Waals surface area contributed by atoms with Crippen LogP contribution in [-0.2, 0) is 16.0 Å². The van der Waals surface area contributed by atoms with Gasteiger partial charge in [0.1, 0.15) is 0 Å². The highest BCUT2D eigenvalue weighted by molar-refractivity contribution is 7.07. The number of amides is 3. The zero-order chi connectivity index (χ0) is 39.3. The van der Waals surface area contributed by atoms with E-state index in [9.17, 15) is 32.8 Å². The molecule has 0 saturated heterocycles. The van der Waals surface area contributed by atoms with Gasteiger partial charge in [0.25, 0.3) is 11.8 Å². The quantitative estimate of drug-likeness (QED) is 0.0908. The summed E-state index contributed by atoms with van der Waals surface area (Å²) < 4.78 is 31.7. The molecule has 3 amide bonds. The number of nitriles is 1. The summed E-state index contributed by atoms with van der Waals surface area (Å²) in [6, 6.07) is 25.1. The highest BCUT2D eigenvalue weighted by Gasteiger charge is 2.38. The number of hydrogen-bond acceptors (Lipinski definition) is 7. The van der Waals surface area contributed by atoms with E-state index in [1.54, 1.807) is 41.7 Å². The molecule has 54 heavy (non-hydrogen) atoms. The second-order valence-electron chi connectivity index (χ2n) is 12.9. The van der Waals surface area contributed by atoms with Crippen LogP contribution < -0.4 is 21.3 Å². The van der Waals surface area contributed by atoms with E-state index in [4.69, 9.17) is 9.90 Å². The summed E-state index contributed by atoms with van der Waals surface area (Å²) in [4.78, 5) is 49.3. The van der Waals surface area contributed by atoms with E-state index in [1.165, 1.54) is 0 Å². The maximum absolute atomic E-state index is 14.0. The van der Waals surface area contributed by atoms with Gasteiger partial charge in [-0.1, -0.05) is 55.5 Å². The third kappa shape index (κ3) is 12.6. The van der Waals surface area contributed by atoms with Crippen molar-refractivity contribution in [3.8, 4) is 17.2 Å². The SMILES string of the molecule is CC[C@H](NC[C@H](Cc1ccsc1)NC(=O)c1cc(C(=O)N[C@H](C)c2ccccc2)cc(-c2ccccc2C#N)c1)C(=O)NCC1CC1.O=C(O)C(F)(F)F. The fourth-order valence-electron chi connectivity index (χ4n) is 5.52. The zero-order valence-corrected chi connectivity index (χ0v) is 30.6. The van der Waals surface area contributed by atoms with Crippen molar-refractivity contribution in [3.63, 3.8) is 0 Å². The predicted octanol–water partition coefficient (Wildman–Crippen LogP) is 6.65. The van der Waals surface area contributed by atoms with E-state index in [2.05, 4.69) is 32.7 Å². The normalized spacial score (nSPS) is 13.9. The third-order valence-corrected chi connectivity index (χ3v) is 9.43. The van der Waals surface area contributed by atoms with Gasteiger partial charge in [0.2, 0.25) is 5.91 Å². The molecule has 1 aliphatic rings.